The molecule has 0 aliphatic heterocycles. The largest absolute Gasteiger partial charge is 0.378 e. The Bertz CT molecular complexity index is 487. The highest BCUT2D eigenvalue weighted by atomic mass is 19.1. The van der Waals surface area contributed by atoms with Crippen molar-refractivity contribution in [1.29, 1.82) is 0 Å². The first-order valence-electron chi connectivity index (χ1n) is 8.59. The number of rotatable bonds is 8. The lowest BCUT2D eigenvalue weighted by Crippen LogP contribution is -2.39. The Labute approximate surface area is 138 Å². The third kappa shape index (κ3) is 6.57. The van der Waals surface area contributed by atoms with Gasteiger partial charge in [0.05, 0.1) is 6.10 Å². The smallest absolute Gasteiger partial charge is 0.190 e. The second-order valence-corrected chi connectivity index (χ2v) is 5.90. The fraction of sp³-hybridized carbons (Fsp3) is 0.611. The Kier molecular flexibility index (Phi) is 7.87. The maximum atomic E-state index is 13.5. The number of guanidine groups is 1. The molecule has 0 atom stereocenters. The second-order valence-electron chi connectivity index (χ2n) is 5.90. The van der Waals surface area contributed by atoms with E-state index >= 15 is 0 Å². The highest BCUT2D eigenvalue weighted by Gasteiger charge is 2.14. The molecular weight excluding hydrogens is 293 g/mol. The van der Waals surface area contributed by atoms with E-state index in [1.807, 2.05) is 12.1 Å². The standard InChI is InChI=1S/C18H28FN3O/c1-20-18(21-12-6-14-23-16-8-3-4-9-16)22-13-11-15-7-2-5-10-17(15)19/h2,5,7,10,16H,3-4,6,8-9,11-14H2,1H3,(H2,20,21,22). The van der Waals surface area contributed by atoms with Crippen LogP contribution in [0.4, 0.5) is 4.39 Å². The van der Waals surface area contributed by atoms with E-state index in [1.54, 1.807) is 13.1 Å². The normalized spacial score (nSPS) is 15.8. The van der Waals surface area contributed by atoms with Gasteiger partial charge in [-0.3, -0.25) is 4.99 Å². The average molecular weight is 321 g/mol. The van der Waals surface area contributed by atoms with Crippen molar-refractivity contribution in [3.05, 3.63) is 35.6 Å². The van der Waals surface area contributed by atoms with Crippen LogP contribution in [0.5, 0.6) is 0 Å². The molecule has 0 aromatic heterocycles. The number of halogens is 1. The van der Waals surface area contributed by atoms with Crippen LogP contribution in [-0.2, 0) is 11.2 Å². The molecule has 1 aliphatic carbocycles. The van der Waals surface area contributed by atoms with Crippen LogP contribution < -0.4 is 10.6 Å². The van der Waals surface area contributed by atoms with Crippen molar-refractivity contribution in [2.24, 2.45) is 4.99 Å². The summed E-state index contributed by atoms with van der Waals surface area (Å²) >= 11 is 0. The van der Waals surface area contributed by atoms with Crippen LogP contribution in [0.3, 0.4) is 0 Å². The molecule has 0 amide bonds. The Morgan fingerprint density at radius 1 is 1.22 bits per heavy atom. The number of ether oxygens (including phenoxy) is 1. The maximum absolute atomic E-state index is 13.5. The number of nitrogens with zero attached hydrogens (tertiary/aromatic N) is 1. The Hall–Kier alpha value is -1.62. The molecule has 0 spiro atoms. The molecular formula is C18H28FN3O. The van der Waals surface area contributed by atoms with E-state index in [-0.39, 0.29) is 5.82 Å². The van der Waals surface area contributed by atoms with Gasteiger partial charge in [0, 0.05) is 26.7 Å². The summed E-state index contributed by atoms with van der Waals surface area (Å²) in [6.45, 7) is 2.27. The minimum absolute atomic E-state index is 0.152. The summed E-state index contributed by atoms with van der Waals surface area (Å²) in [7, 11) is 1.74. The summed E-state index contributed by atoms with van der Waals surface area (Å²) in [5.41, 5.74) is 0.723. The van der Waals surface area contributed by atoms with Crippen molar-refractivity contribution >= 4 is 5.96 Å². The van der Waals surface area contributed by atoms with E-state index in [9.17, 15) is 4.39 Å². The van der Waals surface area contributed by atoms with E-state index in [2.05, 4.69) is 15.6 Å². The zero-order chi connectivity index (χ0) is 16.3. The first-order valence-corrected chi connectivity index (χ1v) is 8.59. The van der Waals surface area contributed by atoms with Crippen LogP contribution in [0.25, 0.3) is 0 Å². The van der Waals surface area contributed by atoms with Crippen LogP contribution >= 0.6 is 0 Å². The molecule has 0 heterocycles. The Morgan fingerprint density at radius 2 is 1.96 bits per heavy atom. The average Bonchev–Trinajstić information content (AvgIpc) is 3.08. The van der Waals surface area contributed by atoms with Gasteiger partial charge in [-0.05, 0) is 37.3 Å². The highest BCUT2D eigenvalue weighted by Crippen LogP contribution is 2.20. The molecule has 23 heavy (non-hydrogen) atoms. The summed E-state index contributed by atoms with van der Waals surface area (Å²) < 4.78 is 19.4. The monoisotopic (exact) mass is 321 g/mol. The fourth-order valence-corrected chi connectivity index (χ4v) is 2.82. The predicted molar refractivity (Wildman–Crippen MR) is 92.3 cm³/mol. The van der Waals surface area contributed by atoms with Gasteiger partial charge in [0.25, 0.3) is 0 Å². The minimum Gasteiger partial charge on any atom is -0.378 e. The molecule has 1 fully saturated rings. The minimum atomic E-state index is -0.152. The molecule has 2 N–H and O–H groups in total. The lowest BCUT2D eigenvalue weighted by atomic mass is 10.1. The van der Waals surface area contributed by atoms with E-state index in [0.29, 0.717) is 19.1 Å². The molecule has 0 bridgehead atoms. The first kappa shape index (κ1) is 17.7. The van der Waals surface area contributed by atoms with Gasteiger partial charge in [0.1, 0.15) is 5.82 Å². The molecule has 1 aromatic rings. The molecule has 1 aliphatic rings. The van der Waals surface area contributed by atoms with Crippen LogP contribution in [-0.4, -0.2) is 38.8 Å². The van der Waals surface area contributed by atoms with Gasteiger partial charge < -0.3 is 15.4 Å². The molecule has 5 heteroatoms. The van der Waals surface area contributed by atoms with Gasteiger partial charge in [-0.2, -0.15) is 0 Å². The number of hydrogen-bond donors (Lipinski definition) is 2. The zero-order valence-corrected chi connectivity index (χ0v) is 14.0. The molecule has 1 aromatic carbocycles. The van der Waals surface area contributed by atoms with Crippen LogP contribution in [0, 0.1) is 5.82 Å². The van der Waals surface area contributed by atoms with Gasteiger partial charge >= 0.3 is 0 Å². The van der Waals surface area contributed by atoms with E-state index in [1.165, 1.54) is 31.7 Å². The van der Waals surface area contributed by atoms with Crippen molar-refractivity contribution in [1.82, 2.24) is 10.6 Å². The lowest BCUT2D eigenvalue weighted by Gasteiger charge is -2.13. The number of aliphatic imine (C=N–C) groups is 1. The van der Waals surface area contributed by atoms with Crippen LogP contribution in [0.2, 0.25) is 0 Å². The summed E-state index contributed by atoms with van der Waals surface area (Å²) in [5.74, 6) is 0.600. The number of benzene rings is 1. The SMILES string of the molecule is CN=C(NCCCOC1CCCC1)NCCc1ccccc1F. The van der Waals surface area contributed by atoms with Gasteiger partial charge in [-0.1, -0.05) is 31.0 Å². The Balaban J connectivity index is 1.55. The van der Waals surface area contributed by atoms with Crippen molar-refractivity contribution < 1.29 is 9.13 Å². The first-order chi connectivity index (χ1) is 11.3. The predicted octanol–water partition coefficient (Wildman–Crippen LogP) is 2.88. The molecule has 2 rings (SSSR count). The molecule has 128 valence electrons. The third-order valence-corrected chi connectivity index (χ3v) is 4.14. The molecule has 0 radical (unpaired) electrons. The zero-order valence-electron chi connectivity index (χ0n) is 14.0. The van der Waals surface area contributed by atoms with Crippen LogP contribution in [0.1, 0.15) is 37.7 Å². The van der Waals surface area contributed by atoms with E-state index < -0.39 is 0 Å². The summed E-state index contributed by atoms with van der Waals surface area (Å²) in [5, 5.41) is 6.47. The van der Waals surface area contributed by atoms with Crippen molar-refractivity contribution in [2.75, 3.05) is 26.7 Å². The van der Waals surface area contributed by atoms with Gasteiger partial charge in [0.2, 0.25) is 0 Å². The second kappa shape index (κ2) is 10.2. The van der Waals surface area contributed by atoms with Crippen LogP contribution in [0.15, 0.2) is 29.3 Å². The molecule has 0 saturated heterocycles. The number of hydrogen-bond acceptors (Lipinski definition) is 2. The van der Waals surface area contributed by atoms with Gasteiger partial charge in [0.15, 0.2) is 5.96 Å². The quantitative estimate of drug-likeness (QED) is 0.440. The summed E-state index contributed by atoms with van der Waals surface area (Å²) in [4.78, 5) is 4.18. The van der Waals surface area contributed by atoms with Crippen molar-refractivity contribution in [2.45, 2.75) is 44.6 Å². The molecule has 1 saturated carbocycles. The van der Waals surface area contributed by atoms with Crippen molar-refractivity contribution in [3.8, 4) is 0 Å². The Morgan fingerprint density at radius 3 is 2.70 bits per heavy atom. The fourth-order valence-electron chi connectivity index (χ4n) is 2.82. The van der Waals surface area contributed by atoms with E-state index in [4.69, 9.17) is 4.74 Å². The topological polar surface area (TPSA) is 45.7 Å². The number of nitrogens with one attached hydrogen (secondary N) is 2. The lowest BCUT2D eigenvalue weighted by molar-refractivity contribution is 0.0574. The summed E-state index contributed by atoms with van der Waals surface area (Å²) in [6.07, 6.45) is 7.12. The van der Waals surface area contributed by atoms with Gasteiger partial charge in [-0.15, -0.1) is 0 Å². The summed E-state index contributed by atoms with van der Waals surface area (Å²) in [6, 6.07) is 6.87. The third-order valence-electron chi connectivity index (χ3n) is 4.14. The molecule has 0 unspecified atom stereocenters. The van der Waals surface area contributed by atoms with Crippen molar-refractivity contribution in [3.63, 3.8) is 0 Å². The maximum Gasteiger partial charge on any atom is 0.190 e. The highest BCUT2D eigenvalue weighted by molar-refractivity contribution is 5.79. The van der Waals surface area contributed by atoms with E-state index in [0.717, 1.165) is 31.1 Å². The van der Waals surface area contributed by atoms with Gasteiger partial charge in [-0.25, -0.2) is 4.39 Å². The molecule has 4 nitrogen and oxygen atoms in total.